The second-order valence-corrected chi connectivity index (χ2v) is 12.6. The van der Waals surface area contributed by atoms with Gasteiger partial charge in [0.15, 0.2) is 0 Å². The summed E-state index contributed by atoms with van der Waals surface area (Å²) in [6.45, 7) is 0. The van der Waals surface area contributed by atoms with Gasteiger partial charge in [0.2, 0.25) is 0 Å². The van der Waals surface area contributed by atoms with Gasteiger partial charge in [0, 0.05) is 17.1 Å². The Bertz CT molecular complexity index is 2580. The van der Waals surface area contributed by atoms with Crippen LogP contribution < -0.4 is 4.90 Å². The van der Waals surface area contributed by atoms with Crippen LogP contribution >= 0.6 is 0 Å². The molecule has 0 saturated carbocycles. The minimum absolute atomic E-state index is 1.11. The van der Waals surface area contributed by atoms with Gasteiger partial charge >= 0.3 is 0 Å². The lowest BCUT2D eigenvalue weighted by atomic mass is 9.97. The van der Waals surface area contributed by atoms with Crippen LogP contribution in [-0.4, -0.2) is 0 Å². The van der Waals surface area contributed by atoms with E-state index in [1.807, 2.05) is 0 Å². The van der Waals surface area contributed by atoms with Crippen molar-refractivity contribution in [2.24, 2.45) is 0 Å². The highest BCUT2D eigenvalue weighted by molar-refractivity contribution is 6.08. The van der Waals surface area contributed by atoms with E-state index >= 15 is 0 Å². The smallest absolute Gasteiger partial charge is 0.0467 e. The summed E-state index contributed by atoms with van der Waals surface area (Å²) in [7, 11) is 0. The molecule has 0 fully saturated rings. The van der Waals surface area contributed by atoms with Crippen LogP contribution in [-0.2, 0) is 0 Å². The van der Waals surface area contributed by atoms with Crippen molar-refractivity contribution >= 4 is 49.4 Å². The zero-order chi connectivity index (χ0) is 32.6. The first-order chi connectivity index (χ1) is 24.3. The molecule has 0 aliphatic carbocycles. The molecular weight excluding hydrogens is 591 g/mol. The maximum Gasteiger partial charge on any atom is 0.0467 e. The van der Waals surface area contributed by atoms with E-state index in [4.69, 9.17) is 0 Å². The molecule has 49 heavy (non-hydrogen) atoms. The Labute approximate surface area is 287 Å². The zero-order valence-corrected chi connectivity index (χ0v) is 27.0. The third-order valence-corrected chi connectivity index (χ3v) is 9.62. The third kappa shape index (κ3) is 5.52. The van der Waals surface area contributed by atoms with Crippen molar-refractivity contribution in [3.63, 3.8) is 0 Å². The van der Waals surface area contributed by atoms with E-state index in [-0.39, 0.29) is 0 Å². The molecule has 1 nitrogen and oxygen atoms in total. The molecule has 230 valence electrons. The normalized spacial score (nSPS) is 11.3. The number of hydrogen-bond acceptors (Lipinski definition) is 1. The average molecular weight is 624 g/mol. The number of benzene rings is 9. The lowest BCUT2D eigenvalue weighted by Crippen LogP contribution is -2.10. The number of hydrogen-bond donors (Lipinski definition) is 0. The quantitative estimate of drug-likeness (QED) is 0.167. The van der Waals surface area contributed by atoms with Crippen LogP contribution in [0.15, 0.2) is 200 Å². The summed E-state index contributed by atoms with van der Waals surface area (Å²) in [5.74, 6) is 0. The molecular formula is C48H33N. The molecule has 0 amide bonds. The van der Waals surface area contributed by atoms with E-state index < -0.39 is 0 Å². The molecule has 9 aromatic carbocycles. The maximum atomic E-state index is 2.36. The third-order valence-electron chi connectivity index (χ3n) is 9.62. The predicted molar refractivity (Wildman–Crippen MR) is 210 cm³/mol. The zero-order valence-electron chi connectivity index (χ0n) is 27.0. The Kier molecular flexibility index (Phi) is 7.22. The average Bonchev–Trinajstić information content (AvgIpc) is 3.18. The second-order valence-electron chi connectivity index (χ2n) is 12.6. The predicted octanol–water partition coefficient (Wildman–Crippen LogP) is 13.6. The van der Waals surface area contributed by atoms with Crippen molar-refractivity contribution in [1.29, 1.82) is 0 Å². The lowest BCUT2D eigenvalue weighted by Gasteiger charge is -2.26. The van der Waals surface area contributed by atoms with Crippen LogP contribution in [0.4, 0.5) is 17.1 Å². The van der Waals surface area contributed by atoms with Crippen molar-refractivity contribution < 1.29 is 0 Å². The van der Waals surface area contributed by atoms with Crippen LogP contribution in [0.2, 0.25) is 0 Å². The SMILES string of the molecule is c1ccc(-c2ccc(N(c3ccc(-c4ccc5c(ccc6ccccc65)c4)cc3)c3cccc(-c4ccc5ccccc5c4)c3)cc2)cc1. The molecule has 0 unspecified atom stereocenters. The fraction of sp³-hybridized carbons (Fsp3) is 0. The van der Waals surface area contributed by atoms with Crippen molar-refractivity contribution in [2.45, 2.75) is 0 Å². The Morgan fingerprint density at radius 1 is 0.224 bits per heavy atom. The van der Waals surface area contributed by atoms with Crippen LogP contribution in [0.5, 0.6) is 0 Å². The van der Waals surface area contributed by atoms with Gasteiger partial charge in [-0.05, 0) is 114 Å². The van der Waals surface area contributed by atoms with Crippen LogP contribution in [0, 0.1) is 0 Å². The van der Waals surface area contributed by atoms with Crippen molar-refractivity contribution in [2.75, 3.05) is 4.90 Å². The summed E-state index contributed by atoms with van der Waals surface area (Å²) in [4.78, 5) is 2.36. The summed E-state index contributed by atoms with van der Waals surface area (Å²) >= 11 is 0. The Morgan fingerprint density at radius 2 is 0.694 bits per heavy atom. The van der Waals surface area contributed by atoms with Gasteiger partial charge in [0.25, 0.3) is 0 Å². The molecule has 0 atom stereocenters. The summed E-state index contributed by atoms with van der Waals surface area (Å²) in [5.41, 5.74) is 10.6. The Balaban J connectivity index is 1.11. The van der Waals surface area contributed by atoms with E-state index in [1.165, 1.54) is 65.7 Å². The topological polar surface area (TPSA) is 3.24 Å². The first kappa shape index (κ1) is 28.8. The number of rotatable bonds is 6. The van der Waals surface area contributed by atoms with Crippen molar-refractivity contribution in [3.8, 4) is 33.4 Å². The lowest BCUT2D eigenvalue weighted by molar-refractivity contribution is 1.28. The fourth-order valence-corrected chi connectivity index (χ4v) is 7.07. The summed E-state index contributed by atoms with van der Waals surface area (Å²) in [6.07, 6.45) is 0. The van der Waals surface area contributed by atoms with Crippen LogP contribution in [0.25, 0.3) is 65.7 Å². The van der Waals surface area contributed by atoms with E-state index in [1.54, 1.807) is 0 Å². The molecule has 0 aliphatic heterocycles. The Morgan fingerprint density at radius 3 is 1.47 bits per heavy atom. The number of fused-ring (bicyclic) bond motifs is 4. The summed E-state index contributed by atoms with van der Waals surface area (Å²) in [5, 5.41) is 7.61. The van der Waals surface area contributed by atoms with Crippen molar-refractivity contribution in [3.05, 3.63) is 200 Å². The first-order valence-corrected chi connectivity index (χ1v) is 16.8. The molecule has 0 spiro atoms. The largest absolute Gasteiger partial charge is 0.310 e. The maximum absolute atomic E-state index is 2.36. The van der Waals surface area contributed by atoms with Gasteiger partial charge < -0.3 is 4.90 Å². The number of anilines is 3. The van der Waals surface area contributed by atoms with E-state index in [9.17, 15) is 0 Å². The molecule has 9 rings (SSSR count). The van der Waals surface area contributed by atoms with Gasteiger partial charge in [-0.25, -0.2) is 0 Å². The van der Waals surface area contributed by atoms with E-state index in [0.29, 0.717) is 0 Å². The molecule has 0 heterocycles. The van der Waals surface area contributed by atoms with E-state index in [2.05, 4.69) is 205 Å². The van der Waals surface area contributed by atoms with Gasteiger partial charge in [-0.1, -0.05) is 152 Å². The van der Waals surface area contributed by atoms with Gasteiger partial charge in [0.1, 0.15) is 0 Å². The molecule has 0 N–H and O–H groups in total. The molecule has 0 aromatic heterocycles. The highest BCUT2D eigenvalue weighted by atomic mass is 15.1. The fourth-order valence-electron chi connectivity index (χ4n) is 7.07. The minimum Gasteiger partial charge on any atom is -0.310 e. The standard InChI is InChI=1S/C48H33N/c1-2-9-34(10-3-1)36-21-26-44(27-22-36)49(46-15-8-14-40(33-46)42-19-17-35-11-4-5-13-39(35)31-42)45-28-23-37(24-29-45)41-25-30-48-43(32-41)20-18-38-12-6-7-16-47(38)48/h1-33H. The second kappa shape index (κ2) is 12.3. The minimum atomic E-state index is 1.11. The molecule has 1 heteroatoms. The van der Waals surface area contributed by atoms with Crippen molar-refractivity contribution in [1.82, 2.24) is 0 Å². The van der Waals surface area contributed by atoms with Crippen LogP contribution in [0.3, 0.4) is 0 Å². The highest BCUT2D eigenvalue weighted by Gasteiger charge is 2.15. The molecule has 0 aliphatic rings. The summed E-state index contributed by atoms with van der Waals surface area (Å²) in [6, 6.07) is 72.5. The van der Waals surface area contributed by atoms with Gasteiger partial charge in [-0.2, -0.15) is 0 Å². The number of nitrogens with zero attached hydrogens (tertiary/aromatic N) is 1. The molecule has 9 aromatic rings. The summed E-state index contributed by atoms with van der Waals surface area (Å²) < 4.78 is 0. The first-order valence-electron chi connectivity index (χ1n) is 16.8. The van der Waals surface area contributed by atoms with E-state index in [0.717, 1.165) is 17.1 Å². The van der Waals surface area contributed by atoms with Gasteiger partial charge in [-0.3, -0.25) is 0 Å². The molecule has 0 bridgehead atoms. The highest BCUT2D eigenvalue weighted by Crippen LogP contribution is 2.39. The Hall–Kier alpha value is -6.44. The van der Waals surface area contributed by atoms with Crippen LogP contribution in [0.1, 0.15) is 0 Å². The van der Waals surface area contributed by atoms with Gasteiger partial charge in [-0.15, -0.1) is 0 Å². The molecule has 0 saturated heterocycles. The molecule has 0 radical (unpaired) electrons. The van der Waals surface area contributed by atoms with Gasteiger partial charge in [0.05, 0.1) is 0 Å². The monoisotopic (exact) mass is 623 g/mol.